The molecule has 8 heteroatoms. The van der Waals surface area contributed by atoms with Gasteiger partial charge in [-0.3, -0.25) is 0 Å². The molecule has 1 aromatic carbocycles. The molecule has 0 radical (unpaired) electrons. The Hall–Kier alpha value is -1.57. The van der Waals surface area contributed by atoms with Gasteiger partial charge in [-0.1, -0.05) is 24.3 Å². The van der Waals surface area contributed by atoms with E-state index in [1.54, 1.807) is 12.1 Å². The number of allylic oxidation sites excluding steroid dienone is 1. The summed E-state index contributed by atoms with van der Waals surface area (Å²) in [4.78, 5) is 0. The Labute approximate surface area is 113 Å². The van der Waals surface area contributed by atoms with Crippen LogP contribution in [0.25, 0.3) is 5.76 Å². The molecule has 110 valence electrons. The van der Waals surface area contributed by atoms with Crippen molar-refractivity contribution in [1.29, 1.82) is 0 Å². The van der Waals surface area contributed by atoms with Crippen molar-refractivity contribution in [2.45, 2.75) is 24.8 Å². The minimum atomic E-state index is -5.89. The van der Waals surface area contributed by atoms with E-state index in [9.17, 15) is 26.0 Å². The second-order valence-corrected chi connectivity index (χ2v) is 5.77. The number of hydrogen-bond donors (Lipinski definition) is 0. The topological polar surface area (TPSA) is 43.4 Å². The van der Waals surface area contributed by atoms with Crippen molar-refractivity contribution in [2.75, 3.05) is 0 Å². The molecule has 0 amide bonds. The average molecular weight is 310 g/mol. The fourth-order valence-electron chi connectivity index (χ4n) is 1.90. The summed E-state index contributed by atoms with van der Waals surface area (Å²) >= 11 is 0. The molecule has 0 N–H and O–H groups in total. The summed E-state index contributed by atoms with van der Waals surface area (Å²) in [5.74, 6) is -1.86. The summed E-state index contributed by atoms with van der Waals surface area (Å²) in [6.07, 6.45) is 0.627. The van der Waals surface area contributed by atoms with Crippen molar-refractivity contribution >= 4 is 15.9 Å². The largest absolute Gasteiger partial charge is 0.534 e. The minimum absolute atomic E-state index is 0.0373. The Morgan fingerprint density at radius 3 is 2.40 bits per heavy atom. The van der Waals surface area contributed by atoms with Crippen molar-refractivity contribution < 1.29 is 30.2 Å². The molecule has 1 aliphatic carbocycles. The van der Waals surface area contributed by atoms with Gasteiger partial charge in [-0.25, -0.2) is 4.39 Å². The lowest BCUT2D eigenvalue weighted by Gasteiger charge is -2.14. The SMILES string of the molecule is O=S(=O)(OC1=C(F)CCCc2ccccc21)C(F)(F)F. The Bertz CT molecular complexity index is 647. The third-order valence-electron chi connectivity index (χ3n) is 2.83. The minimum Gasteiger partial charge on any atom is -0.373 e. The molecule has 2 rings (SSSR count). The van der Waals surface area contributed by atoms with Gasteiger partial charge in [0.1, 0.15) is 5.83 Å². The van der Waals surface area contributed by atoms with Gasteiger partial charge in [0.25, 0.3) is 0 Å². The standard InChI is InChI=1S/C12H10F4O3S/c13-10-7-3-5-8-4-1-2-6-9(8)11(10)19-20(17,18)12(14,15)16/h1-2,4,6H,3,5,7H2. The van der Waals surface area contributed by atoms with E-state index in [0.29, 0.717) is 18.4 Å². The Balaban J connectivity index is 2.50. The molecule has 0 spiro atoms. The van der Waals surface area contributed by atoms with E-state index in [0.717, 1.165) is 0 Å². The second-order valence-electron chi connectivity index (χ2n) is 4.23. The van der Waals surface area contributed by atoms with Crippen LogP contribution in [0.2, 0.25) is 0 Å². The van der Waals surface area contributed by atoms with Gasteiger partial charge in [0, 0.05) is 12.0 Å². The van der Waals surface area contributed by atoms with Gasteiger partial charge < -0.3 is 4.18 Å². The van der Waals surface area contributed by atoms with Crippen LogP contribution in [0.3, 0.4) is 0 Å². The number of halogens is 4. The summed E-state index contributed by atoms with van der Waals surface area (Å²) in [6.45, 7) is 0. The Kier molecular flexibility index (Phi) is 3.77. The van der Waals surface area contributed by atoms with Crippen LogP contribution in [-0.2, 0) is 20.7 Å². The number of benzene rings is 1. The molecule has 0 unspecified atom stereocenters. The molecule has 0 aromatic heterocycles. The predicted octanol–water partition coefficient (Wildman–Crippen LogP) is 3.53. The van der Waals surface area contributed by atoms with E-state index in [1.807, 2.05) is 0 Å². The monoisotopic (exact) mass is 310 g/mol. The number of rotatable bonds is 2. The van der Waals surface area contributed by atoms with Crippen LogP contribution >= 0.6 is 0 Å². The average Bonchev–Trinajstić information content (AvgIpc) is 2.49. The van der Waals surface area contributed by atoms with E-state index < -0.39 is 27.2 Å². The van der Waals surface area contributed by atoms with Crippen LogP contribution < -0.4 is 0 Å². The molecular formula is C12H10F4O3S. The zero-order valence-corrected chi connectivity index (χ0v) is 10.9. The highest BCUT2D eigenvalue weighted by Crippen LogP contribution is 2.36. The van der Waals surface area contributed by atoms with E-state index in [-0.39, 0.29) is 12.0 Å². The van der Waals surface area contributed by atoms with Crippen LogP contribution in [-0.4, -0.2) is 13.9 Å². The molecule has 0 fully saturated rings. The van der Waals surface area contributed by atoms with Crippen LogP contribution in [0, 0.1) is 0 Å². The van der Waals surface area contributed by atoms with Crippen LogP contribution in [0.5, 0.6) is 0 Å². The lowest BCUT2D eigenvalue weighted by atomic mass is 10.0. The van der Waals surface area contributed by atoms with Crippen molar-refractivity contribution in [3.63, 3.8) is 0 Å². The van der Waals surface area contributed by atoms with E-state index in [2.05, 4.69) is 4.18 Å². The number of alkyl halides is 3. The summed E-state index contributed by atoms with van der Waals surface area (Å²) < 4.78 is 76.9. The van der Waals surface area contributed by atoms with Crippen LogP contribution in [0.1, 0.15) is 24.0 Å². The predicted molar refractivity (Wildman–Crippen MR) is 63.5 cm³/mol. The van der Waals surface area contributed by atoms with Crippen LogP contribution in [0.4, 0.5) is 17.6 Å². The highest BCUT2D eigenvalue weighted by atomic mass is 32.2. The summed E-state index contributed by atoms with van der Waals surface area (Å²) in [6, 6.07) is 6.04. The van der Waals surface area contributed by atoms with Crippen molar-refractivity contribution in [1.82, 2.24) is 0 Å². The second kappa shape index (κ2) is 5.08. The quantitative estimate of drug-likeness (QED) is 0.477. The zero-order chi connectivity index (χ0) is 15.0. The molecule has 0 atom stereocenters. The number of fused-ring (bicyclic) bond motifs is 1. The molecule has 0 saturated carbocycles. The fourth-order valence-corrected chi connectivity index (χ4v) is 2.39. The third-order valence-corrected chi connectivity index (χ3v) is 3.78. The number of hydrogen-bond acceptors (Lipinski definition) is 3. The maximum atomic E-state index is 13.8. The van der Waals surface area contributed by atoms with Crippen molar-refractivity contribution in [3.8, 4) is 0 Å². The maximum absolute atomic E-state index is 13.8. The molecule has 20 heavy (non-hydrogen) atoms. The van der Waals surface area contributed by atoms with Gasteiger partial charge >= 0.3 is 15.6 Å². The van der Waals surface area contributed by atoms with Gasteiger partial charge in [0.05, 0.1) is 0 Å². The van der Waals surface area contributed by atoms with E-state index >= 15 is 0 Å². The first-order valence-electron chi connectivity index (χ1n) is 5.70. The lowest BCUT2D eigenvalue weighted by Crippen LogP contribution is -2.25. The van der Waals surface area contributed by atoms with Gasteiger partial charge in [-0.15, -0.1) is 0 Å². The van der Waals surface area contributed by atoms with Crippen LogP contribution in [0.15, 0.2) is 30.1 Å². The first-order chi connectivity index (χ1) is 9.22. The molecule has 1 aromatic rings. The molecule has 3 nitrogen and oxygen atoms in total. The van der Waals surface area contributed by atoms with Gasteiger partial charge in [0.15, 0.2) is 5.76 Å². The molecule has 0 bridgehead atoms. The maximum Gasteiger partial charge on any atom is 0.534 e. The first-order valence-corrected chi connectivity index (χ1v) is 7.11. The van der Waals surface area contributed by atoms with E-state index in [1.165, 1.54) is 12.1 Å². The summed E-state index contributed by atoms with van der Waals surface area (Å²) in [5, 5.41) is 0. The first kappa shape index (κ1) is 14.8. The van der Waals surface area contributed by atoms with E-state index in [4.69, 9.17) is 0 Å². The molecule has 1 aliphatic rings. The Morgan fingerprint density at radius 2 is 1.75 bits per heavy atom. The molecule has 0 aliphatic heterocycles. The fraction of sp³-hybridized carbons (Fsp3) is 0.333. The zero-order valence-electron chi connectivity index (χ0n) is 10.1. The number of aryl methyl sites for hydroxylation is 1. The van der Waals surface area contributed by atoms with Gasteiger partial charge in [-0.05, 0) is 18.4 Å². The summed E-state index contributed by atoms with van der Waals surface area (Å²) in [7, 11) is -5.89. The van der Waals surface area contributed by atoms with Crippen molar-refractivity contribution in [2.24, 2.45) is 0 Å². The third kappa shape index (κ3) is 2.79. The smallest absolute Gasteiger partial charge is 0.373 e. The highest BCUT2D eigenvalue weighted by Gasteiger charge is 2.49. The van der Waals surface area contributed by atoms with Gasteiger partial charge in [0.2, 0.25) is 0 Å². The Morgan fingerprint density at radius 1 is 1.10 bits per heavy atom. The van der Waals surface area contributed by atoms with Gasteiger partial charge in [-0.2, -0.15) is 21.6 Å². The molecular weight excluding hydrogens is 300 g/mol. The highest BCUT2D eigenvalue weighted by molar-refractivity contribution is 7.87. The molecule has 0 saturated heterocycles. The normalized spacial score (nSPS) is 16.6. The molecule has 0 heterocycles. The van der Waals surface area contributed by atoms with Crippen molar-refractivity contribution in [3.05, 3.63) is 41.2 Å². The lowest BCUT2D eigenvalue weighted by molar-refractivity contribution is -0.0510. The summed E-state index contributed by atoms with van der Waals surface area (Å²) in [5.41, 5.74) is -5.01.